The third-order valence-electron chi connectivity index (χ3n) is 6.27. The molecular formula is C25H29ClN4O2. The first kappa shape index (κ1) is 22.4. The minimum Gasteiger partial charge on any atom is -0.321 e. The lowest BCUT2D eigenvalue weighted by atomic mass is 10.1. The average Bonchev–Trinajstić information content (AvgIpc) is 3.23. The average molecular weight is 453 g/mol. The van der Waals surface area contributed by atoms with Crippen molar-refractivity contribution in [1.82, 2.24) is 14.8 Å². The van der Waals surface area contributed by atoms with Gasteiger partial charge < -0.3 is 15.2 Å². The van der Waals surface area contributed by atoms with Crippen LogP contribution in [-0.2, 0) is 6.54 Å². The molecule has 2 N–H and O–H groups in total. The van der Waals surface area contributed by atoms with Gasteiger partial charge in [0.25, 0.3) is 5.56 Å². The van der Waals surface area contributed by atoms with Gasteiger partial charge in [0.15, 0.2) is 0 Å². The zero-order valence-corrected chi connectivity index (χ0v) is 19.3. The lowest BCUT2D eigenvalue weighted by Gasteiger charge is -2.30. The Morgan fingerprint density at radius 1 is 1.25 bits per heavy atom. The number of fused-ring (bicyclic) bond motifs is 1. The number of aromatic amines is 1. The van der Waals surface area contributed by atoms with Crippen molar-refractivity contribution in [3.05, 3.63) is 75.0 Å². The van der Waals surface area contributed by atoms with Crippen LogP contribution in [-0.4, -0.2) is 46.5 Å². The van der Waals surface area contributed by atoms with Crippen LogP contribution in [0.4, 0.5) is 10.5 Å². The lowest BCUT2D eigenvalue weighted by molar-refractivity contribution is 0.174. The number of halogens is 1. The van der Waals surface area contributed by atoms with Crippen LogP contribution in [0.1, 0.15) is 30.9 Å². The number of anilines is 1. The standard InChI is InChI=1S/C25H29ClN4O2/c1-3-29-13-7-10-20(29)16-30(25(32)27-22-12-5-4-11-21(22)26)15-19-14-18-9-6-8-17(2)23(18)28-24(19)31/h4-6,8-9,11-12,14,20H,3,7,10,13,15-16H2,1-2H3,(H,27,32)(H,28,31)/t20-/m0/s1. The fourth-order valence-corrected chi connectivity index (χ4v) is 4.68. The number of likely N-dealkylation sites (N-methyl/N-ethyl adjacent to an activating group) is 1. The Kier molecular flexibility index (Phi) is 6.82. The van der Waals surface area contributed by atoms with Crippen LogP contribution in [0.25, 0.3) is 10.9 Å². The molecular weight excluding hydrogens is 424 g/mol. The molecule has 2 aromatic carbocycles. The van der Waals surface area contributed by atoms with Gasteiger partial charge in [-0.05, 0) is 62.0 Å². The number of likely N-dealkylation sites (tertiary alicyclic amines) is 1. The van der Waals surface area contributed by atoms with E-state index >= 15 is 0 Å². The highest BCUT2D eigenvalue weighted by atomic mass is 35.5. The highest BCUT2D eigenvalue weighted by Gasteiger charge is 2.28. The van der Waals surface area contributed by atoms with Crippen molar-refractivity contribution in [2.24, 2.45) is 0 Å². The maximum absolute atomic E-state index is 13.3. The third-order valence-corrected chi connectivity index (χ3v) is 6.59. The topological polar surface area (TPSA) is 68.4 Å². The van der Waals surface area contributed by atoms with Gasteiger partial charge >= 0.3 is 6.03 Å². The van der Waals surface area contributed by atoms with Crippen LogP contribution in [0.3, 0.4) is 0 Å². The van der Waals surface area contributed by atoms with E-state index in [0.29, 0.717) is 22.8 Å². The maximum Gasteiger partial charge on any atom is 0.322 e. The van der Waals surface area contributed by atoms with E-state index in [1.807, 2.05) is 43.3 Å². The summed E-state index contributed by atoms with van der Waals surface area (Å²) in [5.74, 6) is 0. The highest BCUT2D eigenvalue weighted by Crippen LogP contribution is 2.23. The van der Waals surface area contributed by atoms with Crippen molar-refractivity contribution >= 4 is 34.2 Å². The van der Waals surface area contributed by atoms with Crippen molar-refractivity contribution in [3.63, 3.8) is 0 Å². The first-order chi connectivity index (χ1) is 15.5. The van der Waals surface area contributed by atoms with Gasteiger partial charge in [0.05, 0.1) is 22.8 Å². The van der Waals surface area contributed by atoms with E-state index in [9.17, 15) is 9.59 Å². The van der Waals surface area contributed by atoms with E-state index in [4.69, 9.17) is 11.6 Å². The Bertz CT molecular complexity index is 1180. The number of aryl methyl sites for hydroxylation is 1. The molecule has 7 heteroatoms. The van der Waals surface area contributed by atoms with E-state index in [2.05, 4.69) is 22.1 Å². The third kappa shape index (κ3) is 4.81. The van der Waals surface area contributed by atoms with Crippen molar-refractivity contribution < 1.29 is 4.79 Å². The number of rotatable bonds is 6. The fourth-order valence-electron chi connectivity index (χ4n) is 4.50. The van der Waals surface area contributed by atoms with Crippen molar-refractivity contribution in [1.29, 1.82) is 0 Å². The second kappa shape index (κ2) is 9.76. The number of urea groups is 1. The molecule has 168 valence electrons. The molecule has 3 aromatic rings. The molecule has 32 heavy (non-hydrogen) atoms. The van der Waals surface area contributed by atoms with E-state index in [0.717, 1.165) is 42.4 Å². The second-order valence-corrected chi connectivity index (χ2v) is 8.79. The number of para-hydroxylation sites is 2. The molecule has 6 nitrogen and oxygen atoms in total. The maximum atomic E-state index is 13.3. The summed E-state index contributed by atoms with van der Waals surface area (Å²) in [4.78, 5) is 33.3. The van der Waals surface area contributed by atoms with E-state index in [1.165, 1.54) is 0 Å². The summed E-state index contributed by atoms with van der Waals surface area (Å²) in [6.07, 6.45) is 2.16. The Labute approximate surface area is 193 Å². The van der Waals surface area contributed by atoms with E-state index in [1.54, 1.807) is 17.0 Å². The Balaban J connectivity index is 1.63. The fraction of sp³-hybridized carbons (Fsp3) is 0.360. The summed E-state index contributed by atoms with van der Waals surface area (Å²) in [5.41, 5.74) is 2.82. The van der Waals surface area contributed by atoms with Gasteiger partial charge in [0, 0.05) is 18.2 Å². The second-order valence-electron chi connectivity index (χ2n) is 8.38. The zero-order chi connectivity index (χ0) is 22.7. The molecule has 4 rings (SSSR count). The van der Waals surface area contributed by atoms with Crippen LogP contribution in [0.15, 0.2) is 53.3 Å². The Morgan fingerprint density at radius 2 is 2.06 bits per heavy atom. The molecule has 0 unspecified atom stereocenters. The number of hydrogen-bond donors (Lipinski definition) is 2. The molecule has 1 aliphatic rings. The van der Waals surface area contributed by atoms with E-state index < -0.39 is 0 Å². The van der Waals surface area contributed by atoms with Gasteiger partial charge in [-0.25, -0.2) is 4.79 Å². The van der Waals surface area contributed by atoms with Crippen molar-refractivity contribution in [2.45, 2.75) is 39.3 Å². The highest BCUT2D eigenvalue weighted by molar-refractivity contribution is 6.33. The van der Waals surface area contributed by atoms with Crippen LogP contribution in [0.2, 0.25) is 5.02 Å². The molecule has 0 bridgehead atoms. The number of carbonyl (C=O) groups is 1. The molecule has 0 aliphatic carbocycles. The number of amides is 2. The zero-order valence-electron chi connectivity index (χ0n) is 18.5. The number of pyridine rings is 1. The smallest absolute Gasteiger partial charge is 0.321 e. The molecule has 1 fully saturated rings. The predicted octanol–water partition coefficient (Wildman–Crippen LogP) is 5.01. The van der Waals surface area contributed by atoms with Gasteiger partial charge in [-0.1, -0.05) is 48.9 Å². The Hall–Kier alpha value is -2.83. The lowest BCUT2D eigenvalue weighted by Crippen LogP contribution is -2.45. The van der Waals surface area contributed by atoms with Crippen molar-refractivity contribution in [3.8, 4) is 0 Å². The monoisotopic (exact) mass is 452 g/mol. The molecule has 2 amide bonds. The minimum absolute atomic E-state index is 0.166. The first-order valence-corrected chi connectivity index (χ1v) is 11.5. The van der Waals surface area contributed by atoms with Crippen molar-refractivity contribution in [2.75, 3.05) is 25.0 Å². The van der Waals surface area contributed by atoms with Crippen LogP contribution >= 0.6 is 11.6 Å². The number of H-pyrrole nitrogens is 1. The molecule has 0 saturated carbocycles. The summed E-state index contributed by atoms with van der Waals surface area (Å²) < 4.78 is 0. The van der Waals surface area contributed by atoms with Gasteiger partial charge in [0.2, 0.25) is 0 Å². The minimum atomic E-state index is -0.259. The largest absolute Gasteiger partial charge is 0.322 e. The summed E-state index contributed by atoms with van der Waals surface area (Å²) in [6, 6.07) is 15.0. The van der Waals surface area contributed by atoms with Gasteiger partial charge in [-0.15, -0.1) is 0 Å². The molecule has 0 spiro atoms. The summed E-state index contributed by atoms with van der Waals surface area (Å²) in [5, 5.41) is 4.37. The van der Waals surface area contributed by atoms with Gasteiger partial charge in [0.1, 0.15) is 0 Å². The number of carbonyl (C=O) groups excluding carboxylic acids is 1. The van der Waals surface area contributed by atoms with Gasteiger partial charge in [-0.3, -0.25) is 9.69 Å². The Morgan fingerprint density at radius 3 is 2.84 bits per heavy atom. The van der Waals surface area contributed by atoms with Crippen LogP contribution in [0.5, 0.6) is 0 Å². The number of nitrogens with zero attached hydrogens (tertiary/aromatic N) is 2. The summed E-state index contributed by atoms with van der Waals surface area (Å²) in [6.45, 7) is 6.87. The molecule has 0 radical (unpaired) electrons. The van der Waals surface area contributed by atoms with Crippen LogP contribution in [0, 0.1) is 6.92 Å². The predicted molar refractivity (Wildman–Crippen MR) is 130 cm³/mol. The first-order valence-electron chi connectivity index (χ1n) is 11.1. The van der Waals surface area contributed by atoms with Crippen LogP contribution < -0.4 is 10.9 Å². The number of benzene rings is 2. The quantitative estimate of drug-likeness (QED) is 0.552. The molecule has 2 heterocycles. The van der Waals surface area contributed by atoms with E-state index in [-0.39, 0.29) is 24.2 Å². The normalized spacial score (nSPS) is 16.4. The SMILES string of the molecule is CCN1CCC[C@H]1CN(Cc1cc2cccc(C)c2[nH]c1=O)C(=O)Nc1ccccc1Cl. The molecule has 1 aromatic heterocycles. The summed E-state index contributed by atoms with van der Waals surface area (Å²) in [7, 11) is 0. The molecule has 1 saturated heterocycles. The van der Waals surface area contributed by atoms with Gasteiger partial charge in [-0.2, -0.15) is 0 Å². The summed E-state index contributed by atoms with van der Waals surface area (Å²) >= 11 is 6.26. The number of hydrogen-bond acceptors (Lipinski definition) is 3. The number of aromatic nitrogens is 1. The molecule has 1 atom stereocenters. The molecule has 1 aliphatic heterocycles. The number of nitrogens with one attached hydrogen (secondary N) is 2.